The molecule has 1 aliphatic heterocycles. The van der Waals surface area contributed by atoms with Gasteiger partial charge in [0, 0.05) is 28.6 Å². The summed E-state index contributed by atoms with van der Waals surface area (Å²) in [7, 11) is 1.56. The van der Waals surface area contributed by atoms with Gasteiger partial charge in [-0.3, -0.25) is 9.59 Å². The smallest absolute Gasteiger partial charge is 0.234 e. The van der Waals surface area contributed by atoms with Crippen LogP contribution in [0, 0.1) is 11.3 Å². The third-order valence-electron chi connectivity index (χ3n) is 4.31. The van der Waals surface area contributed by atoms with Gasteiger partial charge in [-0.25, -0.2) is 0 Å². The number of hydrogen-bond acceptors (Lipinski definition) is 5. The molecule has 0 aromatic heterocycles. The summed E-state index contributed by atoms with van der Waals surface area (Å²) in [5.74, 6) is -0.0588. The molecule has 8 heteroatoms. The second-order valence-electron chi connectivity index (χ2n) is 6.28. The molecule has 2 aromatic carbocycles. The molecular formula is C21H18BrN3O3S. The number of carbonyl (C=O) groups is 2. The zero-order chi connectivity index (χ0) is 20.8. The maximum absolute atomic E-state index is 12.3. The number of nitriles is 1. The Morgan fingerprint density at radius 1 is 1.34 bits per heavy atom. The van der Waals surface area contributed by atoms with Gasteiger partial charge in [0.15, 0.2) is 0 Å². The normalized spacial score (nSPS) is 16.0. The van der Waals surface area contributed by atoms with Crippen molar-refractivity contribution in [3.63, 3.8) is 0 Å². The van der Waals surface area contributed by atoms with Crippen LogP contribution >= 0.6 is 27.7 Å². The number of nitrogens with one attached hydrogen (secondary N) is 2. The topological polar surface area (TPSA) is 91.2 Å². The summed E-state index contributed by atoms with van der Waals surface area (Å²) in [6, 6.07) is 16.8. The minimum absolute atomic E-state index is 0.0587. The first-order chi connectivity index (χ1) is 14.0. The molecule has 29 heavy (non-hydrogen) atoms. The van der Waals surface area contributed by atoms with Crippen molar-refractivity contribution in [3.05, 3.63) is 69.2 Å². The molecule has 1 aliphatic rings. The van der Waals surface area contributed by atoms with Crippen molar-refractivity contribution < 1.29 is 14.3 Å². The van der Waals surface area contributed by atoms with Gasteiger partial charge in [0.1, 0.15) is 5.75 Å². The number of rotatable bonds is 6. The highest BCUT2D eigenvalue weighted by Crippen LogP contribution is 2.36. The van der Waals surface area contributed by atoms with Crippen LogP contribution in [0.2, 0.25) is 0 Å². The van der Waals surface area contributed by atoms with Crippen molar-refractivity contribution >= 4 is 45.2 Å². The first-order valence-corrected chi connectivity index (χ1v) is 10.5. The Bertz CT molecular complexity index is 1020. The number of carbonyl (C=O) groups excluding carboxylic acids is 2. The molecule has 2 N–H and O–H groups in total. The van der Waals surface area contributed by atoms with E-state index in [1.807, 2.05) is 24.3 Å². The van der Waals surface area contributed by atoms with Crippen LogP contribution in [0.1, 0.15) is 17.9 Å². The number of anilines is 1. The summed E-state index contributed by atoms with van der Waals surface area (Å²) in [6.07, 6.45) is 0.194. The summed E-state index contributed by atoms with van der Waals surface area (Å²) >= 11 is 4.57. The first kappa shape index (κ1) is 21.0. The summed E-state index contributed by atoms with van der Waals surface area (Å²) < 4.78 is 6.02. The van der Waals surface area contributed by atoms with Crippen molar-refractivity contribution in [1.82, 2.24) is 5.32 Å². The molecule has 0 spiro atoms. The van der Waals surface area contributed by atoms with E-state index in [1.165, 1.54) is 0 Å². The van der Waals surface area contributed by atoms with Crippen LogP contribution in [0.25, 0.3) is 0 Å². The molecule has 0 saturated carbocycles. The molecule has 0 bridgehead atoms. The van der Waals surface area contributed by atoms with Crippen molar-refractivity contribution in [3.8, 4) is 11.8 Å². The van der Waals surface area contributed by atoms with E-state index >= 15 is 0 Å². The molecule has 2 aromatic rings. The molecular weight excluding hydrogens is 454 g/mol. The van der Waals surface area contributed by atoms with Crippen LogP contribution in [-0.4, -0.2) is 24.7 Å². The summed E-state index contributed by atoms with van der Waals surface area (Å²) in [5.41, 5.74) is 1.95. The highest BCUT2D eigenvalue weighted by atomic mass is 79.9. The summed E-state index contributed by atoms with van der Waals surface area (Å²) in [4.78, 5) is 24.5. The van der Waals surface area contributed by atoms with Gasteiger partial charge in [-0.1, -0.05) is 45.9 Å². The SMILES string of the molecule is COc1cccc(NC(=O)CSC2=C(C#N)[C@H](c3cccc(Br)c3)CC(=O)N2)c1. The van der Waals surface area contributed by atoms with E-state index in [9.17, 15) is 14.9 Å². The van der Waals surface area contributed by atoms with Crippen molar-refractivity contribution in [2.24, 2.45) is 0 Å². The lowest BCUT2D eigenvalue weighted by atomic mass is 9.87. The molecule has 1 heterocycles. The van der Waals surface area contributed by atoms with E-state index in [0.717, 1.165) is 21.8 Å². The van der Waals surface area contributed by atoms with Gasteiger partial charge in [0.2, 0.25) is 11.8 Å². The average molecular weight is 472 g/mol. The van der Waals surface area contributed by atoms with Crippen molar-refractivity contribution in [1.29, 1.82) is 5.26 Å². The lowest BCUT2D eigenvalue weighted by Crippen LogP contribution is -2.31. The van der Waals surface area contributed by atoms with E-state index in [1.54, 1.807) is 31.4 Å². The fourth-order valence-corrected chi connectivity index (χ4v) is 4.27. The van der Waals surface area contributed by atoms with E-state index in [0.29, 0.717) is 22.0 Å². The minimum atomic E-state index is -0.338. The summed E-state index contributed by atoms with van der Waals surface area (Å²) in [6.45, 7) is 0. The largest absolute Gasteiger partial charge is 0.497 e. The molecule has 2 amide bonds. The molecule has 0 fully saturated rings. The number of halogens is 1. The monoisotopic (exact) mass is 471 g/mol. The Labute approximate surface area is 181 Å². The standard InChI is InChI=1S/C21H18BrN3O3S/c1-28-16-7-3-6-15(9-16)24-20(27)12-29-21-18(11-23)17(10-19(26)25-21)13-4-2-5-14(22)8-13/h2-9,17H,10,12H2,1H3,(H,24,27)(H,25,26)/t17-/m0/s1. The predicted molar refractivity (Wildman–Crippen MR) is 116 cm³/mol. The maximum Gasteiger partial charge on any atom is 0.234 e. The number of nitrogens with zero attached hydrogens (tertiary/aromatic N) is 1. The van der Waals surface area contributed by atoms with Crippen LogP contribution < -0.4 is 15.4 Å². The quantitative estimate of drug-likeness (QED) is 0.659. The molecule has 1 atom stereocenters. The maximum atomic E-state index is 12.3. The molecule has 0 saturated heterocycles. The average Bonchev–Trinajstić information content (AvgIpc) is 2.72. The molecule has 3 rings (SSSR count). The fraction of sp³-hybridized carbons (Fsp3) is 0.190. The Morgan fingerprint density at radius 2 is 2.14 bits per heavy atom. The van der Waals surface area contributed by atoms with Gasteiger partial charge in [-0.15, -0.1) is 0 Å². The number of ether oxygens (including phenoxy) is 1. The van der Waals surface area contributed by atoms with Gasteiger partial charge >= 0.3 is 0 Å². The predicted octanol–water partition coefficient (Wildman–Crippen LogP) is 4.17. The third-order valence-corrected chi connectivity index (χ3v) is 5.82. The Morgan fingerprint density at radius 3 is 2.86 bits per heavy atom. The number of thioether (sulfide) groups is 1. The van der Waals surface area contributed by atoms with Gasteiger partial charge in [-0.2, -0.15) is 5.26 Å². The Balaban J connectivity index is 1.74. The summed E-state index contributed by atoms with van der Waals surface area (Å²) in [5, 5.41) is 15.7. The van der Waals surface area contributed by atoms with E-state index in [2.05, 4.69) is 32.6 Å². The zero-order valence-corrected chi connectivity index (χ0v) is 18.0. The Hall–Kier alpha value is -2.76. The second-order valence-corrected chi connectivity index (χ2v) is 8.18. The van der Waals surface area contributed by atoms with Crippen LogP contribution in [0.4, 0.5) is 5.69 Å². The van der Waals surface area contributed by atoms with Gasteiger partial charge in [0.25, 0.3) is 0 Å². The molecule has 0 aliphatic carbocycles. The molecule has 0 radical (unpaired) electrons. The molecule has 148 valence electrons. The van der Waals surface area contributed by atoms with Crippen LogP contribution in [-0.2, 0) is 9.59 Å². The first-order valence-electron chi connectivity index (χ1n) is 8.76. The number of amides is 2. The minimum Gasteiger partial charge on any atom is -0.497 e. The van der Waals surface area contributed by atoms with Crippen LogP contribution in [0.3, 0.4) is 0 Å². The van der Waals surface area contributed by atoms with E-state index in [4.69, 9.17) is 4.74 Å². The number of benzene rings is 2. The van der Waals surface area contributed by atoms with Crippen molar-refractivity contribution in [2.75, 3.05) is 18.2 Å². The molecule has 6 nitrogen and oxygen atoms in total. The number of hydrogen-bond donors (Lipinski definition) is 2. The Kier molecular flexibility index (Phi) is 6.96. The van der Waals surface area contributed by atoms with Gasteiger partial charge in [-0.05, 0) is 29.8 Å². The lowest BCUT2D eigenvalue weighted by Gasteiger charge is -2.25. The lowest BCUT2D eigenvalue weighted by molar-refractivity contribution is -0.121. The van der Waals surface area contributed by atoms with E-state index in [-0.39, 0.29) is 29.9 Å². The van der Waals surface area contributed by atoms with Gasteiger partial charge < -0.3 is 15.4 Å². The van der Waals surface area contributed by atoms with Gasteiger partial charge in [0.05, 0.1) is 29.5 Å². The number of allylic oxidation sites excluding steroid dienone is 1. The number of methoxy groups -OCH3 is 1. The fourth-order valence-electron chi connectivity index (χ4n) is 2.98. The van der Waals surface area contributed by atoms with Crippen LogP contribution in [0.15, 0.2) is 63.6 Å². The molecule has 0 unspecified atom stereocenters. The van der Waals surface area contributed by atoms with Crippen LogP contribution in [0.5, 0.6) is 5.75 Å². The second kappa shape index (κ2) is 9.63. The highest BCUT2D eigenvalue weighted by Gasteiger charge is 2.30. The zero-order valence-electron chi connectivity index (χ0n) is 15.6. The third kappa shape index (κ3) is 5.40. The highest BCUT2D eigenvalue weighted by molar-refractivity contribution is 9.10. The van der Waals surface area contributed by atoms with E-state index < -0.39 is 0 Å². The van der Waals surface area contributed by atoms with Crippen molar-refractivity contribution in [2.45, 2.75) is 12.3 Å².